The van der Waals surface area contributed by atoms with Gasteiger partial charge >= 0.3 is 0 Å². The first-order valence-corrected chi connectivity index (χ1v) is 6.55. The van der Waals surface area contributed by atoms with Crippen molar-refractivity contribution in [3.8, 4) is 5.75 Å². The van der Waals surface area contributed by atoms with Gasteiger partial charge in [0.25, 0.3) is 5.69 Å². The number of benzene rings is 2. The van der Waals surface area contributed by atoms with Gasteiger partial charge in [0.05, 0.1) is 10.5 Å². The third-order valence-electron chi connectivity index (χ3n) is 2.98. The third kappa shape index (κ3) is 3.38. The quantitative estimate of drug-likeness (QED) is 0.471. The van der Waals surface area contributed by atoms with Crippen molar-refractivity contribution in [3.05, 3.63) is 68.7 Å². The van der Waals surface area contributed by atoms with Crippen molar-refractivity contribution in [2.24, 2.45) is 0 Å². The second kappa shape index (κ2) is 6.37. The minimum absolute atomic E-state index is 0.128. The number of ether oxygens (including phenoxy) is 1. The molecule has 21 heavy (non-hydrogen) atoms. The standard InChI is InChI=1S/C15H12ClNO4/c1-10(13-4-2-3-5-14(13)16)21-15-7-6-12(17(19)20)8-11(15)9-18/h2-10H,1H3/t10-/m0/s1. The number of hydrogen-bond acceptors (Lipinski definition) is 4. The highest BCUT2D eigenvalue weighted by molar-refractivity contribution is 6.31. The Morgan fingerprint density at radius 2 is 2.00 bits per heavy atom. The summed E-state index contributed by atoms with van der Waals surface area (Å²) in [5.74, 6) is 0.281. The van der Waals surface area contributed by atoms with Gasteiger partial charge in [-0.15, -0.1) is 0 Å². The molecular formula is C15H12ClNO4. The molecule has 0 N–H and O–H groups in total. The topological polar surface area (TPSA) is 69.4 Å². The summed E-state index contributed by atoms with van der Waals surface area (Å²) in [4.78, 5) is 21.2. The first-order chi connectivity index (χ1) is 10.0. The van der Waals surface area contributed by atoms with E-state index in [4.69, 9.17) is 16.3 Å². The minimum Gasteiger partial charge on any atom is -0.485 e. The average Bonchev–Trinajstić information content (AvgIpc) is 2.47. The van der Waals surface area contributed by atoms with Gasteiger partial charge in [-0.3, -0.25) is 14.9 Å². The van der Waals surface area contributed by atoms with E-state index in [9.17, 15) is 14.9 Å². The van der Waals surface area contributed by atoms with Crippen LogP contribution in [-0.2, 0) is 0 Å². The first-order valence-electron chi connectivity index (χ1n) is 6.17. The Morgan fingerprint density at radius 1 is 1.29 bits per heavy atom. The zero-order valence-corrected chi connectivity index (χ0v) is 11.9. The Labute approximate surface area is 126 Å². The number of carbonyl (C=O) groups excluding carboxylic acids is 1. The number of nitrogens with zero attached hydrogens (tertiary/aromatic N) is 1. The lowest BCUT2D eigenvalue weighted by molar-refractivity contribution is -0.384. The fourth-order valence-corrected chi connectivity index (χ4v) is 2.20. The SMILES string of the molecule is C[C@H](Oc1ccc([N+](=O)[O-])cc1C=O)c1ccccc1Cl. The highest BCUT2D eigenvalue weighted by Gasteiger charge is 2.15. The molecule has 2 rings (SSSR count). The van der Waals surface area contributed by atoms with E-state index >= 15 is 0 Å². The second-order valence-corrected chi connectivity index (χ2v) is 4.79. The fourth-order valence-electron chi connectivity index (χ4n) is 1.91. The van der Waals surface area contributed by atoms with Gasteiger partial charge in [0, 0.05) is 22.7 Å². The molecule has 6 heteroatoms. The number of nitro benzene ring substituents is 1. The van der Waals surface area contributed by atoms with Crippen molar-refractivity contribution in [2.75, 3.05) is 0 Å². The van der Waals surface area contributed by atoms with Crippen LogP contribution in [0.25, 0.3) is 0 Å². The molecule has 2 aromatic rings. The first kappa shape index (κ1) is 15.0. The summed E-state index contributed by atoms with van der Waals surface area (Å²) in [5.41, 5.74) is 0.743. The smallest absolute Gasteiger partial charge is 0.270 e. The van der Waals surface area contributed by atoms with Gasteiger partial charge < -0.3 is 4.74 Å². The van der Waals surface area contributed by atoms with Crippen molar-refractivity contribution in [1.29, 1.82) is 0 Å². The van der Waals surface area contributed by atoms with Crippen LogP contribution in [0.2, 0.25) is 5.02 Å². The van der Waals surface area contributed by atoms with Gasteiger partial charge in [-0.2, -0.15) is 0 Å². The predicted octanol–water partition coefficient (Wildman–Crippen LogP) is 4.20. The molecule has 5 nitrogen and oxygen atoms in total. The number of aldehydes is 1. The maximum absolute atomic E-state index is 11.1. The Kier molecular flexibility index (Phi) is 4.55. The molecule has 0 aliphatic heterocycles. The van der Waals surface area contributed by atoms with Crippen LogP contribution in [-0.4, -0.2) is 11.2 Å². The highest BCUT2D eigenvalue weighted by atomic mass is 35.5. The van der Waals surface area contributed by atoms with Crippen molar-refractivity contribution in [2.45, 2.75) is 13.0 Å². The van der Waals surface area contributed by atoms with Crippen LogP contribution in [0.3, 0.4) is 0 Å². The number of halogens is 1. The van der Waals surface area contributed by atoms with Crippen molar-refractivity contribution >= 4 is 23.6 Å². The van der Waals surface area contributed by atoms with Gasteiger partial charge in [0.15, 0.2) is 6.29 Å². The summed E-state index contributed by atoms with van der Waals surface area (Å²) in [6.45, 7) is 1.79. The maximum atomic E-state index is 11.1. The second-order valence-electron chi connectivity index (χ2n) is 4.38. The van der Waals surface area contributed by atoms with Gasteiger partial charge in [-0.25, -0.2) is 0 Å². The maximum Gasteiger partial charge on any atom is 0.270 e. The summed E-state index contributed by atoms with van der Waals surface area (Å²) in [5, 5.41) is 11.3. The molecule has 0 heterocycles. The van der Waals surface area contributed by atoms with Crippen LogP contribution in [0, 0.1) is 10.1 Å². The predicted molar refractivity (Wildman–Crippen MR) is 79.0 cm³/mol. The van der Waals surface area contributed by atoms with Crippen LogP contribution in [0.1, 0.15) is 28.9 Å². The lowest BCUT2D eigenvalue weighted by atomic mass is 10.1. The average molecular weight is 306 g/mol. The lowest BCUT2D eigenvalue weighted by Crippen LogP contribution is -2.05. The number of carbonyl (C=O) groups is 1. The van der Waals surface area contributed by atoms with Crippen LogP contribution in [0.4, 0.5) is 5.69 Å². The highest BCUT2D eigenvalue weighted by Crippen LogP contribution is 2.30. The number of non-ortho nitro benzene ring substituents is 1. The number of rotatable bonds is 5. The molecular weight excluding hydrogens is 294 g/mol. The number of nitro groups is 1. The van der Waals surface area contributed by atoms with E-state index in [1.807, 2.05) is 12.1 Å². The van der Waals surface area contributed by atoms with Crippen LogP contribution >= 0.6 is 11.6 Å². The summed E-state index contributed by atoms with van der Waals surface area (Å²) in [6, 6.07) is 11.1. The molecule has 0 amide bonds. The van der Waals surface area contributed by atoms with E-state index in [0.717, 1.165) is 5.56 Å². The molecule has 0 radical (unpaired) electrons. The Bertz CT molecular complexity index is 687. The molecule has 0 fully saturated rings. The van der Waals surface area contributed by atoms with Gasteiger partial charge in [0.1, 0.15) is 11.9 Å². The molecule has 0 saturated heterocycles. The van der Waals surface area contributed by atoms with Gasteiger partial charge in [-0.05, 0) is 19.1 Å². The number of hydrogen-bond donors (Lipinski definition) is 0. The minimum atomic E-state index is -0.561. The molecule has 0 saturated carbocycles. The van der Waals surface area contributed by atoms with Gasteiger partial charge in [-0.1, -0.05) is 29.8 Å². The van der Waals surface area contributed by atoms with Gasteiger partial charge in [0.2, 0.25) is 0 Å². The molecule has 0 aliphatic rings. The summed E-state index contributed by atoms with van der Waals surface area (Å²) < 4.78 is 5.70. The van der Waals surface area contributed by atoms with Crippen molar-refractivity contribution < 1.29 is 14.5 Å². The molecule has 2 aromatic carbocycles. The van der Waals surface area contributed by atoms with E-state index in [0.29, 0.717) is 11.3 Å². The Balaban J connectivity index is 2.29. The van der Waals surface area contributed by atoms with E-state index in [-0.39, 0.29) is 23.1 Å². The zero-order valence-electron chi connectivity index (χ0n) is 11.2. The molecule has 0 aromatic heterocycles. The van der Waals surface area contributed by atoms with Crippen LogP contribution in [0.5, 0.6) is 5.75 Å². The third-order valence-corrected chi connectivity index (χ3v) is 3.32. The molecule has 1 atom stereocenters. The summed E-state index contributed by atoms with van der Waals surface area (Å²) >= 11 is 6.09. The van der Waals surface area contributed by atoms with E-state index in [2.05, 4.69) is 0 Å². The zero-order chi connectivity index (χ0) is 15.4. The van der Waals surface area contributed by atoms with E-state index in [1.54, 1.807) is 19.1 Å². The molecule has 0 spiro atoms. The summed E-state index contributed by atoms with van der Waals surface area (Å²) in [6.07, 6.45) is 0.139. The molecule has 0 unspecified atom stereocenters. The van der Waals surface area contributed by atoms with Crippen molar-refractivity contribution in [1.82, 2.24) is 0 Å². The normalized spacial score (nSPS) is 11.7. The van der Waals surface area contributed by atoms with Crippen molar-refractivity contribution in [3.63, 3.8) is 0 Å². The van der Waals surface area contributed by atoms with Crippen LogP contribution in [0.15, 0.2) is 42.5 Å². The summed E-state index contributed by atoms with van der Waals surface area (Å²) in [7, 11) is 0. The fraction of sp³-hybridized carbons (Fsp3) is 0.133. The lowest BCUT2D eigenvalue weighted by Gasteiger charge is -2.17. The molecule has 0 aliphatic carbocycles. The van der Waals surface area contributed by atoms with Crippen LogP contribution < -0.4 is 4.74 Å². The monoisotopic (exact) mass is 305 g/mol. The molecule has 108 valence electrons. The Hall–Kier alpha value is -2.40. The largest absolute Gasteiger partial charge is 0.485 e. The molecule has 0 bridgehead atoms. The van der Waals surface area contributed by atoms with E-state index < -0.39 is 4.92 Å². The van der Waals surface area contributed by atoms with E-state index in [1.165, 1.54) is 18.2 Å². The Morgan fingerprint density at radius 3 is 2.62 bits per heavy atom.